The van der Waals surface area contributed by atoms with E-state index in [-0.39, 0.29) is 43.0 Å². The first-order valence-electron chi connectivity index (χ1n) is 12.6. The quantitative estimate of drug-likeness (QED) is 0.456. The van der Waals surface area contributed by atoms with E-state index in [2.05, 4.69) is 24.0 Å². The number of piperidine rings is 1. The van der Waals surface area contributed by atoms with Crippen molar-refractivity contribution in [3.63, 3.8) is 0 Å². The van der Waals surface area contributed by atoms with Gasteiger partial charge in [0.05, 0.1) is 23.0 Å². The molecule has 0 aromatic heterocycles. The number of carbonyl (C=O) groups is 1. The van der Waals surface area contributed by atoms with E-state index in [0.717, 1.165) is 29.2 Å². The molecule has 3 atom stereocenters. The summed E-state index contributed by atoms with van der Waals surface area (Å²) in [6.07, 6.45) is -0.0567. The Labute approximate surface area is 208 Å². The molecule has 0 radical (unpaired) electrons. The molecule has 3 aliphatic rings. The Morgan fingerprint density at radius 1 is 1.06 bits per heavy atom. The number of carboxylic acid groups (broad SMARTS) is 1. The van der Waals surface area contributed by atoms with Crippen molar-refractivity contribution >= 4 is 28.3 Å². The van der Waals surface area contributed by atoms with Gasteiger partial charge in [0.1, 0.15) is 5.75 Å². The van der Waals surface area contributed by atoms with Crippen molar-refractivity contribution in [3.05, 3.63) is 40.9 Å². The molecular formula is C27H31ClF3NO3. The predicted molar refractivity (Wildman–Crippen MR) is 129 cm³/mol. The molecule has 2 heterocycles. The summed E-state index contributed by atoms with van der Waals surface area (Å²) in [6, 6.07) is 10.6. The van der Waals surface area contributed by atoms with E-state index >= 15 is 0 Å². The van der Waals surface area contributed by atoms with Crippen LogP contribution in [0.5, 0.6) is 5.75 Å². The monoisotopic (exact) mass is 509 g/mol. The fourth-order valence-corrected chi connectivity index (χ4v) is 6.81. The summed E-state index contributed by atoms with van der Waals surface area (Å²) in [4.78, 5) is 14.0. The Bertz CT molecular complexity index is 1090. The van der Waals surface area contributed by atoms with Crippen LogP contribution in [-0.4, -0.2) is 40.3 Å². The minimum Gasteiger partial charge on any atom is -0.489 e. The number of aliphatic carboxylic acids is 1. The van der Waals surface area contributed by atoms with Crippen molar-refractivity contribution < 1.29 is 27.8 Å². The van der Waals surface area contributed by atoms with Crippen LogP contribution < -0.4 is 4.74 Å². The van der Waals surface area contributed by atoms with Crippen molar-refractivity contribution in [2.45, 2.75) is 88.7 Å². The highest BCUT2D eigenvalue weighted by Crippen LogP contribution is 2.45. The van der Waals surface area contributed by atoms with E-state index in [1.54, 1.807) is 6.07 Å². The van der Waals surface area contributed by atoms with Crippen molar-refractivity contribution in [1.82, 2.24) is 4.90 Å². The standard InChI is InChI=1S/C27H31ClF3NO3/c1-15(32-20-7-8-21(32)13-18(12-20)26(33)34)17-3-2-16-4-11-24(25(28)23(16)14-17)35-22-9-5-19(6-10-22)27(29,30)31/h2-4,11,14-15,18-22H,5-10,12-13H2,1H3,(H,33,34). The Kier molecular flexibility index (Phi) is 6.68. The molecule has 2 saturated heterocycles. The van der Waals surface area contributed by atoms with Gasteiger partial charge < -0.3 is 9.84 Å². The van der Waals surface area contributed by atoms with E-state index in [9.17, 15) is 23.1 Å². The summed E-state index contributed by atoms with van der Waals surface area (Å²) in [5, 5.41) is 11.8. The molecular weight excluding hydrogens is 479 g/mol. The number of carboxylic acids is 1. The summed E-state index contributed by atoms with van der Waals surface area (Å²) in [7, 11) is 0. The minimum absolute atomic E-state index is 0.0853. The zero-order chi connectivity index (χ0) is 24.9. The lowest BCUT2D eigenvalue weighted by Crippen LogP contribution is -2.45. The highest BCUT2D eigenvalue weighted by atomic mass is 35.5. The molecule has 190 valence electrons. The molecule has 2 bridgehead atoms. The third kappa shape index (κ3) is 4.86. The zero-order valence-electron chi connectivity index (χ0n) is 19.7. The molecule has 8 heteroatoms. The van der Waals surface area contributed by atoms with Crippen LogP contribution in [0, 0.1) is 11.8 Å². The third-order valence-corrected chi connectivity index (χ3v) is 8.83. The van der Waals surface area contributed by atoms with Gasteiger partial charge in [-0.1, -0.05) is 29.8 Å². The number of nitrogens with zero attached hydrogens (tertiary/aromatic N) is 1. The topological polar surface area (TPSA) is 49.8 Å². The summed E-state index contributed by atoms with van der Waals surface area (Å²) in [5.41, 5.74) is 1.12. The Morgan fingerprint density at radius 3 is 2.29 bits per heavy atom. The van der Waals surface area contributed by atoms with Gasteiger partial charge in [-0.2, -0.15) is 13.2 Å². The molecule has 0 spiro atoms. The van der Waals surface area contributed by atoms with Crippen LogP contribution >= 0.6 is 11.6 Å². The van der Waals surface area contributed by atoms with Crippen molar-refractivity contribution in [3.8, 4) is 5.75 Å². The first kappa shape index (κ1) is 24.7. The van der Waals surface area contributed by atoms with E-state index in [1.807, 2.05) is 12.1 Å². The second kappa shape index (κ2) is 9.47. The first-order valence-corrected chi connectivity index (χ1v) is 13.0. The zero-order valence-corrected chi connectivity index (χ0v) is 20.5. The highest BCUT2D eigenvalue weighted by molar-refractivity contribution is 6.37. The van der Waals surface area contributed by atoms with Crippen LogP contribution in [0.15, 0.2) is 30.3 Å². The molecule has 35 heavy (non-hydrogen) atoms. The van der Waals surface area contributed by atoms with E-state index in [4.69, 9.17) is 16.3 Å². The Balaban J connectivity index is 1.33. The highest BCUT2D eigenvalue weighted by Gasteiger charge is 2.45. The maximum absolute atomic E-state index is 13.0. The molecule has 4 nitrogen and oxygen atoms in total. The molecule has 2 aromatic rings. The van der Waals surface area contributed by atoms with Crippen LogP contribution in [0.4, 0.5) is 13.2 Å². The lowest BCUT2D eigenvalue weighted by atomic mass is 9.87. The molecule has 2 aliphatic heterocycles. The van der Waals surface area contributed by atoms with Gasteiger partial charge in [-0.3, -0.25) is 9.69 Å². The van der Waals surface area contributed by atoms with Crippen molar-refractivity contribution in [2.75, 3.05) is 0 Å². The van der Waals surface area contributed by atoms with Crippen LogP contribution in [0.1, 0.15) is 69.9 Å². The molecule has 1 saturated carbocycles. The third-order valence-electron chi connectivity index (χ3n) is 8.44. The number of hydrogen-bond donors (Lipinski definition) is 1. The lowest BCUT2D eigenvalue weighted by molar-refractivity contribution is -0.185. The Morgan fingerprint density at radius 2 is 1.69 bits per heavy atom. The van der Waals surface area contributed by atoms with Gasteiger partial charge in [-0.05, 0) is 81.4 Å². The average Bonchev–Trinajstić information content (AvgIpc) is 3.08. The van der Waals surface area contributed by atoms with Gasteiger partial charge in [0.2, 0.25) is 0 Å². The van der Waals surface area contributed by atoms with E-state index in [0.29, 0.717) is 36.5 Å². The average molecular weight is 510 g/mol. The van der Waals surface area contributed by atoms with E-state index < -0.39 is 18.1 Å². The number of fused-ring (bicyclic) bond motifs is 3. The SMILES string of the molecule is CC(c1ccc2ccc(OC3CCC(C(F)(F)F)CC3)c(Cl)c2c1)N1C2CCC1CC(C(=O)O)C2. The molecule has 5 rings (SSSR count). The molecule has 3 unspecified atom stereocenters. The van der Waals surface area contributed by atoms with E-state index in [1.165, 1.54) is 0 Å². The van der Waals surface area contributed by atoms with Gasteiger partial charge in [0, 0.05) is 23.5 Å². The molecule has 1 aliphatic carbocycles. The van der Waals surface area contributed by atoms with Gasteiger partial charge in [0.25, 0.3) is 0 Å². The maximum Gasteiger partial charge on any atom is 0.391 e. The second-order valence-electron chi connectivity index (χ2n) is 10.5. The molecule has 2 aromatic carbocycles. The number of rotatable bonds is 5. The number of alkyl halides is 3. The minimum atomic E-state index is -4.14. The van der Waals surface area contributed by atoms with Gasteiger partial charge >= 0.3 is 12.1 Å². The summed E-state index contributed by atoms with van der Waals surface area (Å²) in [5.74, 6) is -1.67. The smallest absolute Gasteiger partial charge is 0.391 e. The number of ether oxygens (including phenoxy) is 1. The molecule has 0 amide bonds. The molecule has 3 fully saturated rings. The van der Waals surface area contributed by atoms with Gasteiger partial charge in [0.15, 0.2) is 0 Å². The largest absolute Gasteiger partial charge is 0.489 e. The summed E-state index contributed by atoms with van der Waals surface area (Å²) >= 11 is 6.76. The first-order chi connectivity index (χ1) is 16.6. The predicted octanol–water partition coefficient (Wildman–Crippen LogP) is 7.38. The summed E-state index contributed by atoms with van der Waals surface area (Å²) in [6.45, 7) is 2.17. The Hall–Kier alpha value is -1.99. The van der Waals surface area contributed by atoms with Crippen LogP contribution in [0.3, 0.4) is 0 Å². The van der Waals surface area contributed by atoms with Crippen molar-refractivity contribution in [1.29, 1.82) is 0 Å². The fraction of sp³-hybridized carbons (Fsp3) is 0.593. The molecule has 1 N–H and O–H groups in total. The number of hydrogen-bond acceptors (Lipinski definition) is 3. The summed E-state index contributed by atoms with van der Waals surface area (Å²) < 4.78 is 45.0. The number of benzene rings is 2. The number of halogens is 4. The lowest BCUT2D eigenvalue weighted by Gasteiger charge is -2.41. The van der Waals surface area contributed by atoms with Crippen LogP contribution in [0.25, 0.3) is 10.8 Å². The fourth-order valence-electron chi connectivity index (χ4n) is 6.54. The van der Waals surface area contributed by atoms with Gasteiger partial charge in [-0.25, -0.2) is 0 Å². The van der Waals surface area contributed by atoms with Gasteiger partial charge in [-0.15, -0.1) is 0 Å². The van der Waals surface area contributed by atoms with Crippen LogP contribution in [0.2, 0.25) is 5.02 Å². The second-order valence-corrected chi connectivity index (χ2v) is 10.9. The van der Waals surface area contributed by atoms with Crippen molar-refractivity contribution in [2.24, 2.45) is 11.8 Å². The van der Waals surface area contributed by atoms with Crippen LogP contribution in [-0.2, 0) is 4.79 Å². The normalized spacial score (nSPS) is 30.4. The maximum atomic E-state index is 13.0.